The molecule has 0 spiro atoms. The second kappa shape index (κ2) is 7.25. The smallest absolute Gasteiger partial charge is 0.0712 e. The van der Waals surface area contributed by atoms with Gasteiger partial charge in [0.1, 0.15) is 0 Å². The van der Waals surface area contributed by atoms with Crippen molar-refractivity contribution in [1.82, 2.24) is 10.2 Å². The Balaban J connectivity index is 2.25. The molecule has 3 heteroatoms. The minimum absolute atomic E-state index is 0.419. The highest BCUT2D eigenvalue weighted by molar-refractivity contribution is 4.71. The Hall–Kier alpha value is -0.120. The molecule has 1 heterocycles. The first-order valence-corrected chi connectivity index (χ1v) is 6.66. The van der Waals surface area contributed by atoms with Crippen molar-refractivity contribution >= 4 is 0 Å². The van der Waals surface area contributed by atoms with Gasteiger partial charge in [-0.3, -0.25) is 0 Å². The topological polar surface area (TPSA) is 24.5 Å². The van der Waals surface area contributed by atoms with Gasteiger partial charge in [-0.1, -0.05) is 13.8 Å². The van der Waals surface area contributed by atoms with Crippen molar-refractivity contribution in [1.29, 1.82) is 0 Å². The Morgan fingerprint density at radius 2 is 2.06 bits per heavy atom. The highest BCUT2D eigenvalue weighted by atomic mass is 16.5. The molecule has 1 unspecified atom stereocenters. The Kier molecular flexibility index (Phi) is 6.32. The van der Waals surface area contributed by atoms with Crippen LogP contribution in [0.3, 0.4) is 0 Å². The molecule has 1 fully saturated rings. The minimum atomic E-state index is 0.419. The zero-order valence-corrected chi connectivity index (χ0v) is 11.3. The molecule has 0 aromatic carbocycles. The second-order valence-corrected chi connectivity index (χ2v) is 5.47. The predicted molar refractivity (Wildman–Crippen MR) is 68.8 cm³/mol. The van der Waals surface area contributed by atoms with E-state index in [0.717, 1.165) is 38.6 Å². The van der Waals surface area contributed by atoms with Gasteiger partial charge in [0.2, 0.25) is 0 Å². The number of hydrogen-bond acceptors (Lipinski definition) is 3. The zero-order valence-electron chi connectivity index (χ0n) is 11.3. The van der Waals surface area contributed by atoms with E-state index in [1.54, 1.807) is 0 Å². The number of rotatable bonds is 6. The molecular weight excluding hydrogens is 200 g/mol. The van der Waals surface area contributed by atoms with Gasteiger partial charge in [0.15, 0.2) is 0 Å². The maximum absolute atomic E-state index is 5.72. The average molecular weight is 228 g/mol. The van der Waals surface area contributed by atoms with Gasteiger partial charge in [-0.05, 0) is 26.2 Å². The monoisotopic (exact) mass is 228 g/mol. The molecule has 0 amide bonds. The van der Waals surface area contributed by atoms with Crippen molar-refractivity contribution in [3.63, 3.8) is 0 Å². The Bertz CT molecular complexity index is 177. The van der Waals surface area contributed by atoms with Crippen LogP contribution in [0.15, 0.2) is 0 Å². The third kappa shape index (κ3) is 5.28. The van der Waals surface area contributed by atoms with Crippen molar-refractivity contribution in [2.45, 2.75) is 46.3 Å². The van der Waals surface area contributed by atoms with Gasteiger partial charge in [0, 0.05) is 32.2 Å². The molecule has 1 saturated heterocycles. The molecule has 1 atom stereocenters. The van der Waals surface area contributed by atoms with E-state index in [9.17, 15) is 0 Å². The quantitative estimate of drug-likeness (QED) is 0.749. The molecule has 1 aliphatic heterocycles. The van der Waals surface area contributed by atoms with E-state index in [-0.39, 0.29) is 0 Å². The molecule has 0 aromatic heterocycles. The molecule has 16 heavy (non-hydrogen) atoms. The standard InChI is InChI=1S/C13H28N2O/c1-11(2)10-15(12(3)4)7-5-13-9-14-6-8-16-13/h11-14H,5-10H2,1-4H3. The molecule has 3 nitrogen and oxygen atoms in total. The number of morpholine rings is 1. The molecule has 0 radical (unpaired) electrons. The summed E-state index contributed by atoms with van der Waals surface area (Å²) in [5.41, 5.74) is 0. The lowest BCUT2D eigenvalue weighted by molar-refractivity contribution is 0.0146. The van der Waals surface area contributed by atoms with Crippen LogP contribution in [0.5, 0.6) is 0 Å². The first kappa shape index (κ1) is 13.9. The zero-order chi connectivity index (χ0) is 12.0. The van der Waals surface area contributed by atoms with Crippen LogP contribution < -0.4 is 5.32 Å². The van der Waals surface area contributed by atoms with Crippen LogP contribution in [-0.2, 0) is 4.74 Å². The van der Waals surface area contributed by atoms with E-state index in [1.165, 1.54) is 6.54 Å². The van der Waals surface area contributed by atoms with E-state index < -0.39 is 0 Å². The van der Waals surface area contributed by atoms with E-state index in [1.807, 2.05) is 0 Å². The lowest BCUT2D eigenvalue weighted by Crippen LogP contribution is -2.42. The summed E-state index contributed by atoms with van der Waals surface area (Å²) in [5.74, 6) is 0.743. The van der Waals surface area contributed by atoms with Crippen LogP contribution >= 0.6 is 0 Å². The van der Waals surface area contributed by atoms with E-state index in [2.05, 4.69) is 37.9 Å². The summed E-state index contributed by atoms with van der Waals surface area (Å²) in [6, 6.07) is 0.638. The highest BCUT2D eigenvalue weighted by Crippen LogP contribution is 2.08. The summed E-state index contributed by atoms with van der Waals surface area (Å²) >= 11 is 0. The van der Waals surface area contributed by atoms with Crippen molar-refractivity contribution in [2.75, 3.05) is 32.8 Å². The molecule has 96 valence electrons. The molecule has 0 bridgehead atoms. The molecular formula is C13H28N2O. The van der Waals surface area contributed by atoms with Crippen molar-refractivity contribution < 1.29 is 4.74 Å². The Morgan fingerprint density at radius 3 is 2.56 bits per heavy atom. The fourth-order valence-corrected chi connectivity index (χ4v) is 2.14. The predicted octanol–water partition coefficient (Wildman–Crippen LogP) is 1.73. The maximum atomic E-state index is 5.72. The van der Waals surface area contributed by atoms with Crippen LogP contribution in [0, 0.1) is 5.92 Å². The van der Waals surface area contributed by atoms with Crippen LogP contribution in [0.4, 0.5) is 0 Å². The lowest BCUT2D eigenvalue weighted by atomic mass is 10.1. The first-order chi connectivity index (χ1) is 7.59. The molecule has 1 aliphatic rings. The molecule has 0 aromatic rings. The third-order valence-electron chi connectivity index (χ3n) is 3.07. The number of nitrogens with zero attached hydrogens (tertiary/aromatic N) is 1. The summed E-state index contributed by atoms with van der Waals surface area (Å²) in [5, 5.41) is 3.39. The van der Waals surface area contributed by atoms with E-state index in [4.69, 9.17) is 4.74 Å². The van der Waals surface area contributed by atoms with Gasteiger partial charge in [-0.2, -0.15) is 0 Å². The molecule has 0 saturated carbocycles. The summed E-state index contributed by atoms with van der Waals surface area (Å²) in [4.78, 5) is 2.56. The van der Waals surface area contributed by atoms with Crippen LogP contribution in [0.2, 0.25) is 0 Å². The summed E-state index contributed by atoms with van der Waals surface area (Å²) < 4.78 is 5.72. The largest absolute Gasteiger partial charge is 0.376 e. The van der Waals surface area contributed by atoms with Crippen LogP contribution in [-0.4, -0.2) is 49.8 Å². The van der Waals surface area contributed by atoms with Crippen molar-refractivity contribution in [3.8, 4) is 0 Å². The first-order valence-electron chi connectivity index (χ1n) is 6.66. The average Bonchev–Trinajstić information content (AvgIpc) is 2.25. The molecule has 1 rings (SSSR count). The summed E-state index contributed by atoms with van der Waals surface area (Å²) in [6.07, 6.45) is 1.57. The van der Waals surface area contributed by atoms with Crippen molar-refractivity contribution in [3.05, 3.63) is 0 Å². The molecule has 0 aliphatic carbocycles. The fourth-order valence-electron chi connectivity index (χ4n) is 2.14. The minimum Gasteiger partial charge on any atom is -0.376 e. The van der Waals surface area contributed by atoms with Crippen LogP contribution in [0.25, 0.3) is 0 Å². The van der Waals surface area contributed by atoms with Crippen molar-refractivity contribution in [2.24, 2.45) is 5.92 Å². The molecule has 1 N–H and O–H groups in total. The number of hydrogen-bond donors (Lipinski definition) is 1. The van der Waals surface area contributed by atoms with Gasteiger partial charge in [-0.15, -0.1) is 0 Å². The Labute approximate surface area is 101 Å². The van der Waals surface area contributed by atoms with Crippen LogP contribution in [0.1, 0.15) is 34.1 Å². The SMILES string of the molecule is CC(C)CN(CCC1CNCCO1)C(C)C. The van der Waals surface area contributed by atoms with E-state index >= 15 is 0 Å². The third-order valence-corrected chi connectivity index (χ3v) is 3.07. The number of nitrogens with one attached hydrogen (secondary N) is 1. The second-order valence-electron chi connectivity index (χ2n) is 5.47. The van der Waals surface area contributed by atoms with E-state index in [0.29, 0.717) is 12.1 Å². The Morgan fingerprint density at radius 1 is 1.31 bits per heavy atom. The summed E-state index contributed by atoms with van der Waals surface area (Å²) in [6.45, 7) is 14.4. The van der Waals surface area contributed by atoms with Gasteiger partial charge < -0.3 is 15.0 Å². The van der Waals surface area contributed by atoms with Gasteiger partial charge in [0.25, 0.3) is 0 Å². The van der Waals surface area contributed by atoms with Gasteiger partial charge >= 0.3 is 0 Å². The lowest BCUT2D eigenvalue weighted by Gasteiger charge is -2.31. The fraction of sp³-hybridized carbons (Fsp3) is 1.00. The maximum Gasteiger partial charge on any atom is 0.0712 e. The number of ether oxygens (including phenoxy) is 1. The summed E-state index contributed by atoms with van der Waals surface area (Å²) in [7, 11) is 0. The van der Waals surface area contributed by atoms with Gasteiger partial charge in [-0.25, -0.2) is 0 Å². The van der Waals surface area contributed by atoms with Gasteiger partial charge in [0.05, 0.1) is 12.7 Å². The highest BCUT2D eigenvalue weighted by Gasteiger charge is 2.17. The normalized spacial score (nSPS) is 22.3.